The summed E-state index contributed by atoms with van der Waals surface area (Å²) in [5, 5.41) is 1.90. The SMILES string of the molecule is CCCN1c2cc(F)c(/C=C3/SC(=O)N(CC(=O)Nc4ccc(F)cc4)C3=O)cc2C(C)=CC1(C)C. The first kappa shape index (κ1) is 25.6. The third-order valence-corrected chi connectivity index (χ3v) is 7.04. The lowest BCUT2D eigenvalue weighted by molar-refractivity contribution is -0.127. The molecule has 1 saturated heterocycles. The molecule has 2 aliphatic rings. The third kappa shape index (κ3) is 5.06. The molecule has 0 unspecified atom stereocenters. The summed E-state index contributed by atoms with van der Waals surface area (Å²) in [7, 11) is 0. The van der Waals surface area contributed by atoms with Crippen LogP contribution in [0.2, 0.25) is 0 Å². The molecule has 1 N–H and O–H groups in total. The highest BCUT2D eigenvalue weighted by Crippen LogP contribution is 2.41. The van der Waals surface area contributed by atoms with E-state index < -0.39 is 35.2 Å². The van der Waals surface area contributed by atoms with Gasteiger partial charge in [-0.25, -0.2) is 8.78 Å². The van der Waals surface area contributed by atoms with Gasteiger partial charge >= 0.3 is 0 Å². The second-order valence-corrected chi connectivity index (χ2v) is 10.3. The Balaban J connectivity index is 1.57. The van der Waals surface area contributed by atoms with E-state index in [0.29, 0.717) is 17.4 Å². The van der Waals surface area contributed by atoms with Gasteiger partial charge in [-0.2, -0.15) is 0 Å². The van der Waals surface area contributed by atoms with Gasteiger partial charge in [0.15, 0.2) is 0 Å². The van der Waals surface area contributed by atoms with E-state index in [1.807, 2.05) is 6.92 Å². The number of hydrogen-bond donors (Lipinski definition) is 1. The van der Waals surface area contributed by atoms with Crippen molar-refractivity contribution in [2.24, 2.45) is 0 Å². The number of amides is 3. The fourth-order valence-corrected chi connectivity index (χ4v) is 5.34. The van der Waals surface area contributed by atoms with Crippen molar-refractivity contribution in [1.82, 2.24) is 4.90 Å². The highest BCUT2D eigenvalue weighted by Gasteiger charge is 2.37. The molecule has 3 amide bonds. The molecule has 6 nitrogen and oxygen atoms in total. The van der Waals surface area contributed by atoms with E-state index in [0.717, 1.165) is 34.7 Å². The topological polar surface area (TPSA) is 69.7 Å². The number of rotatable bonds is 6. The van der Waals surface area contributed by atoms with E-state index in [4.69, 9.17) is 0 Å². The van der Waals surface area contributed by atoms with Crippen LogP contribution >= 0.6 is 11.8 Å². The molecule has 4 rings (SSSR count). The lowest BCUT2D eigenvalue weighted by Crippen LogP contribution is -2.45. The first-order chi connectivity index (χ1) is 17.0. The molecule has 0 bridgehead atoms. The minimum Gasteiger partial charge on any atom is -0.362 e. The maximum absolute atomic E-state index is 15.2. The van der Waals surface area contributed by atoms with Gasteiger partial charge in [-0.15, -0.1) is 0 Å². The van der Waals surface area contributed by atoms with Crippen LogP contribution in [-0.2, 0) is 9.59 Å². The average Bonchev–Trinajstić information content (AvgIpc) is 3.06. The third-order valence-electron chi connectivity index (χ3n) is 6.13. The minimum absolute atomic E-state index is 0.0385. The Labute approximate surface area is 213 Å². The van der Waals surface area contributed by atoms with Gasteiger partial charge in [0.05, 0.1) is 10.4 Å². The molecule has 0 aliphatic carbocycles. The summed E-state index contributed by atoms with van der Waals surface area (Å²) in [5.74, 6) is -2.23. The van der Waals surface area contributed by atoms with Gasteiger partial charge in [-0.1, -0.05) is 13.0 Å². The number of carbonyl (C=O) groups excluding carboxylic acids is 3. The predicted octanol–water partition coefficient (Wildman–Crippen LogP) is 6.05. The molecular weight excluding hydrogens is 484 g/mol. The van der Waals surface area contributed by atoms with Crippen LogP contribution < -0.4 is 10.2 Å². The van der Waals surface area contributed by atoms with E-state index >= 15 is 4.39 Å². The molecule has 0 atom stereocenters. The fourth-order valence-electron chi connectivity index (χ4n) is 4.51. The maximum atomic E-state index is 15.2. The Morgan fingerprint density at radius 1 is 1.14 bits per heavy atom. The van der Waals surface area contributed by atoms with Crippen LogP contribution in [0.5, 0.6) is 0 Å². The fraction of sp³-hybridized carbons (Fsp3) is 0.296. The largest absolute Gasteiger partial charge is 0.362 e. The Bertz CT molecular complexity index is 1300. The van der Waals surface area contributed by atoms with Crippen LogP contribution in [0.3, 0.4) is 0 Å². The van der Waals surface area contributed by atoms with Gasteiger partial charge in [0.1, 0.15) is 18.2 Å². The van der Waals surface area contributed by atoms with E-state index in [2.05, 4.69) is 37.1 Å². The van der Waals surface area contributed by atoms with E-state index in [1.54, 1.807) is 6.07 Å². The first-order valence-corrected chi connectivity index (χ1v) is 12.4. The standard InChI is InChI=1S/C27H27F2N3O3S/c1-5-10-32-22-13-21(29)17(11-20(22)16(2)14-27(32,3)4)12-23-25(34)31(26(35)36-23)15-24(33)30-19-8-6-18(28)7-9-19/h6-9,11-14H,5,10,15H2,1-4H3,(H,30,33)/b23-12+. The smallest absolute Gasteiger partial charge is 0.294 e. The summed E-state index contributed by atoms with van der Waals surface area (Å²) >= 11 is 0.659. The Morgan fingerprint density at radius 2 is 1.83 bits per heavy atom. The van der Waals surface area contributed by atoms with Crippen molar-refractivity contribution in [3.8, 4) is 0 Å². The summed E-state index contributed by atoms with van der Waals surface area (Å²) in [5.41, 5.74) is 2.93. The lowest BCUT2D eigenvalue weighted by atomic mass is 9.87. The quantitative estimate of drug-likeness (QED) is 0.478. The first-order valence-electron chi connectivity index (χ1n) is 11.6. The molecule has 0 spiro atoms. The van der Waals surface area contributed by atoms with Crippen molar-refractivity contribution in [1.29, 1.82) is 0 Å². The van der Waals surface area contributed by atoms with Gasteiger partial charge < -0.3 is 10.2 Å². The molecule has 2 aliphatic heterocycles. The summed E-state index contributed by atoms with van der Waals surface area (Å²) in [6, 6.07) is 8.30. The summed E-state index contributed by atoms with van der Waals surface area (Å²) in [6.45, 7) is 8.48. The molecule has 2 aromatic carbocycles. The van der Waals surface area contributed by atoms with Crippen LogP contribution in [0.4, 0.5) is 25.0 Å². The van der Waals surface area contributed by atoms with E-state index in [9.17, 15) is 18.8 Å². The van der Waals surface area contributed by atoms with Crippen LogP contribution in [0.15, 0.2) is 47.4 Å². The van der Waals surface area contributed by atoms with Crippen molar-refractivity contribution in [3.63, 3.8) is 0 Å². The number of allylic oxidation sites excluding steroid dienone is 1. The minimum atomic E-state index is -0.669. The van der Waals surface area contributed by atoms with Gasteiger partial charge in [0.25, 0.3) is 11.1 Å². The molecule has 0 aromatic heterocycles. The zero-order valence-electron chi connectivity index (χ0n) is 20.5. The van der Waals surface area contributed by atoms with E-state index in [1.165, 1.54) is 36.4 Å². The zero-order chi connectivity index (χ0) is 26.2. The lowest BCUT2D eigenvalue weighted by Gasteiger charge is -2.43. The zero-order valence-corrected chi connectivity index (χ0v) is 21.3. The average molecular weight is 512 g/mol. The van der Waals surface area contributed by atoms with Gasteiger partial charge in [-0.3, -0.25) is 19.3 Å². The molecule has 0 radical (unpaired) electrons. The molecule has 2 heterocycles. The van der Waals surface area contributed by atoms with Gasteiger partial charge in [0, 0.05) is 29.0 Å². The molecule has 36 heavy (non-hydrogen) atoms. The number of nitrogens with zero attached hydrogens (tertiary/aromatic N) is 2. The number of fused-ring (bicyclic) bond motifs is 1. The summed E-state index contributed by atoms with van der Waals surface area (Å²) < 4.78 is 28.3. The van der Waals surface area contributed by atoms with Crippen LogP contribution in [0, 0.1) is 11.6 Å². The molecule has 2 aromatic rings. The van der Waals surface area contributed by atoms with Crippen molar-refractivity contribution in [2.75, 3.05) is 23.3 Å². The number of imide groups is 1. The summed E-state index contributed by atoms with van der Waals surface area (Å²) in [4.78, 5) is 40.7. The number of thioether (sulfide) groups is 1. The highest BCUT2D eigenvalue weighted by atomic mass is 32.2. The second-order valence-electron chi connectivity index (χ2n) is 9.35. The second kappa shape index (κ2) is 9.89. The number of anilines is 2. The maximum Gasteiger partial charge on any atom is 0.294 e. The van der Waals surface area contributed by atoms with Crippen molar-refractivity contribution in [2.45, 2.75) is 39.7 Å². The highest BCUT2D eigenvalue weighted by molar-refractivity contribution is 8.18. The number of carbonyl (C=O) groups is 3. The van der Waals surface area contributed by atoms with Crippen LogP contribution in [0.1, 0.15) is 45.2 Å². The van der Waals surface area contributed by atoms with E-state index in [-0.39, 0.29) is 16.0 Å². The summed E-state index contributed by atoms with van der Waals surface area (Å²) in [6.07, 6.45) is 4.40. The Morgan fingerprint density at radius 3 is 2.50 bits per heavy atom. The van der Waals surface area contributed by atoms with Crippen molar-refractivity contribution < 1.29 is 23.2 Å². The Hall–Kier alpha value is -3.46. The molecule has 1 fully saturated rings. The van der Waals surface area contributed by atoms with Crippen molar-refractivity contribution >= 4 is 51.8 Å². The monoisotopic (exact) mass is 511 g/mol. The normalized spacial score (nSPS) is 17.9. The van der Waals surface area contributed by atoms with Gasteiger partial charge in [-0.05, 0) is 87.0 Å². The molecule has 9 heteroatoms. The number of nitrogens with one attached hydrogen (secondary N) is 1. The predicted molar refractivity (Wildman–Crippen MR) is 139 cm³/mol. The number of hydrogen-bond acceptors (Lipinski definition) is 5. The van der Waals surface area contributed by atoms with Crippen LogP contribution in [-0.4, -0.2) is 40.6 Å². The van der Waals surface area contributed by atoms with Crippen LogP contribution in [0.25, 0.3) is 11.6 Å². The molecule has 0 saturated carbocycles. The van der Waals surface area contributed by atoms with Gasteiger partial charge in [0.2, 0.25) is 5.91 Å². The Kier molecular flexibility index (Phi) is 7.04. The number of benzene rings is 2. The number of halogens is 2. The molecular formula is C27H27F2N3O3S. The van der Waals surface area contributed by atoms with Crippen molar-refractivity contribution in [3.05, 3.63) is 70.1 Å². The molecule has 188 valence electrons.